The molecule has 3 amide bonds. The number of methoxy groups -OCH3 is 1. The maximum Gasteiger partial charge on any atom is 0.408 e. The lowest BCUT2D eigenvalue weighted by Crippen LogP contribution is -2.51. The van der Waals surface area contributed by atoms with E-state index in [-0.39, 0.29) is 30.2 Å². The zero-order chi connectivity index (χ0) is 32.0. The largest absolute Gasteiger partial charge is 0.453 e. The maximum absolute atomic E-state index is 13.4. The summed E-state index contributed by atoms with van der Waals surface area (Å²) in [4.78, 5) is 59.4. The van der Waals surface area contributed by atoms with Gasteiger partial charge in [-0.3, -0.25) is 9.59 Å². The number of aromatic amines is 1. The van der Waals surface area contributed by atoms with Gasteiger partial charge in [-0.1, -0.05) is 62.4 Å². The Kier molecular flexibility index (Phi) is 10.1. The van der Waals surface area contributed by atoms with Crippen LogP contribution in [0.5, 0.6) is 0 Å². The predicted molar refractivity (Wildman–Crippen MR) is 166 cm³/mol. The molecule has 3 aromatic rings. The Hall–Kier alpha value is -4.67. The van der Waals surface area contributed by atoms with Crippen LogP contribution in [0.25, 0.3) is 22.4 Å². The first-order valence-corrected chi connectivity index (χ1v) is 14.8. The Morgan fingerprint density at radius 1 is 0.977 bits per heavy atom. The summed E-state index contributed by atoms with van der Waals surface area (Å²) >= 11 is 0. The van der Waals surface area contributed by atoms with Gasteiger partial charge >= 0.3 is 12.2 Å². The van der Waals surface area contributed by atoms with Crippen molar-refractivity contribution in [3.8, 4) is 22.4 Å². The summed E-state index contributed by atoms with van der Waals surface area (Å²) in [5.74, 6) is 0.236. The molecular formula is C33H41N5O6. The lowest BCUT2D eigenvalue weighted by atomic mass is 10.0. The highest BCUT2D eigenvalue weighted by Crippen LogP contribution is 2.33. The molecule has 1 aliphatic rings. The number of H-pyrrole nitrogens is 1. The fourth-order valence-electron chi connectivity index (χ4n) is 5.11. The molecule has 234 valence electrons. The second-order valence-corrected chi connectivity index (χ2v) is 12.2. The molecule has 4 rings (SSSR count). The van der Waals surface area contributed by atoms with Crippen LogP contribution in [-0.4, -0.2) is 70.6 Å². The van der Waals surface area contributed by atoms with Crippen molar-refractivity contribution in [2.75, 3.05) is 20.2 Å². The SMILES string of the molecule is COC(=O)NC(C(=O)N1CCC[C@H]1c1ncc(-c2ccc(-c3ccc(C(=O)CNC(=O)OC(C)(C)C)cc3)cc2)[nH]1)C(C)C. The van der Waals surface area contributed by atoms with Crippen LogP contribution >= 0.6 is 0 Å². The average molecular weight is 604 g/mol. The van der Waals surface area contributed by atoms with Gasteiger partial charge in [0.2, 0.25) is 5.91 Å². The number of imidazole rings is 1. The van der Waals surface area contributed by atoms with E-state index >= 15 is 0 Å². The van der Waals surface area contributed by atoms with Crippen molar-refractivity contribution in [3.63, 3.8) is 0 Å². The minimum Gasteiger partial charge on any atom is -0.453 e. The number of hydrogen-bond donors (Lipinski definition) is 3. The first-order valence-electron chi connectivity index (χ1n) is 14.8. The fourth-order valence-corrected chi connectivity index (χ4v) is 5.11. The number of aromatic nitrogens is 2. The normalized spacial score (nSPS) is 15.5. The van der Waals surface area contributed by atoms with Gasteiger partial charge in [-0.15, -0.1) is 0 Å². The van der Waals surface area contributed by atoms with Crippen molar-refractivity contribution in [1.29, 1.82) is 0 Å². The van der Waals surface area contributed by atoms with Crippen LogP contribution in [0.2, 0.25) is 0 Å². The number of benzene rings is 2. The van der Waals surface area contributed by atoms with Gasteiger partial charge in [-0.25, -0.2) is 14.6 Å². The van der Waals surface area contributed by atoms with Crippen molar-refractivity contribution < 1.29 is 28.7 Å². The first kappa shape index (κ1) is 32.2. The van der Waals surface area contributed by atoms with Crippen molar-refractivity contribution in [3.05, 3.63) is 66.1 Å². The molecule has 1 unspecified atom stereocenters. The number of Topliss-reactive ketones (excluding diaryl/α,β-unsaturated/α-hetero) is 1. The molecule has 0 radical (unpaired) electrons. The van der Waals surface area contributed by atoms with Gasteiger partial charge in [0.15, 0.2) is 5.78 Å². The van der Waals surface area contributed by atoms with E-state index in [4.69, 9.17) is 9.47 Å². The van der Waals surface area contributed by atoms with E-state index in [9.17, 15) is 19.2 Å². The number of carbonyl (C=O) groups is 4. The predicted octanol–water partition coefficient (Wildman–Crippen LogP) is 5.50. The Labute approximate surface area is 257 Å². The molecule has 3 N–H and O–H groups in total. The molecule has 0 aliphatic carbocycles. The summed E-state index contributed by atoms with van der Waals surface area (Å²) in [7, 11) is 1.28. The van der Waals surface area contributed by atoms with Gasteiger partial charge in [0.1, 0.15) is 17.5 Å². The highest BCUT2D eigenvalue weighted by Gasteiger charge is 2.37. The lowest BCUT2D eigenvalue weighted by Gasteiger charge is -2.30. The molecule has 0 saturated carbocycles. The number of nitrogens with one attached hydrogen (secondary N) is 3. The molecular weight excluding hydrogens is 562 g/mol. The molecule has 44 heavy (non-hydrogen) atoms. The second kappa shape index (κ2) is 13.7. The molecule has 2 aromatic carbocycles. The zero-order valence-electron chi connectivity index (χ0n) is 26.1. The quantitative estimate of drug-likeness (QED) is 0.274. The van der Waals surface area contributed by atoms with E-state index in [0.717, 1.165) is 35.2 Å². The Balaban J connectivity index is 1.40. The Morgan fingerprint density at radius 3 is 2.18 bits per heavy atom. The first-order chi connectivity index (χ1) is 20.9. The number of likely N-dealkylation sites (tertiary alicyclic amines) is 1. The van der Waals surface area contributed by atoms with E-state index in [1.807, 2.05) is 50.2 Å². The molecule has 2 heterocycles. The van der Waals surface area contributed by atoms with E-state index in [2.05, 4.69) is 20.6 Å². The van der Waals surface area contributed by atoms with Crippen LogP contribution in [-0.2, 0) is 14.3 Å². The molecule has 1 aromatic heterocycles. The fraction of sp³-hybridized carbons (Fsp3) is 0.424. The van der Waals surface area contributed by atoms with E-state index < -0.39 is 23.8 Å². The molecule has 0 bridgehead atoms. The lowest BCUT2D eigenvalue weighted by molar-refractivity contribution is -0.135. The topological polar surface area (TPSA) is 143 Å². The standard InChI is InChI=1S/C33H41N5O6/c1-20(2)28(37-32(42)43-6)30(40)38-17-7-8-26(38)29-34-18-25(36-29)23-13-9-21(10-14-23)22-11-15-24(16-12-22)27(39)19-35-31(41)44-33(3,4)5/h9-16,18,20,26,28H,7-8,17,19H2,1-6H3,(H,34,36)(H,35,41)(H,37,42)/t26-,28?/m0/s1. The van der Waals surface area contributed by atoms with Gasteiger partial charge in [0.05, 0.1) is 31.6 Å². The maximum atomic E-state index is 13.4. The van der Waals surface area contributed by atoms with Crippen molar-refractivity contribution >= 4 is 23.9 Å². The monoisotopic (exact) mass is 603 g/mol. The van der Waals surface area contributed by atoms with Gasteiger partial charge in [-0.05, 0) is 56.2 Å². The number of nitrogens with zero attached hydrogens (tertiary/aromatic N) is 2. The number of ketones is 1. The summed E-state index contributed by atoms with van der Waals surface area (Å²) in [6.45, 7) is 9.50. The summed E-state index contributed by atoms with van der Waals surface area (Å²) in [6.07, 6.45) is 2.12. The number of ether oxygens (including phenoxy) is 2. The summed E-state index contributed by atoms with van der Waals surface area (Å²) in [5, 5.41) is 5.16. The van der Waals surface area contributed by atoms with Gasteiger partial charge in [0, 0.05) is 12.1 Å². The van der Waals surface area contributed by atoms with Crippen LogP contribution in [0.15, 0.2) is 54.7 Å². The third-order valence-corrected chi connectivity index (χ3v) is 7.37. The van der Waals surface area contributed by atoms with Crippen LogP contribution in [0.1, 0.15) is 69.7 Å². The minimum absolute atomic E-state index is 0.105. The van der Waals surface area contributed by atoms with Crippen molar-refractivity contribution in [2.24, 2.45) is 5.92 Å². The average Bonchev–Trinajstić information content (AvgIpc) is 3.68. The zero-order valence-corrected chi connectivity index (χ0v) is 26.1. The molecule has 2 atom stereocenters. The van der Waals surface area contributed by atoms with Crippen molar-refractivity contribution in [1.82, 2.24) is 25.5 Å². The Morgan fingerprint density at radius 2 is 1.59 bits per heavy atom. The second-order valence-electron chi connectivity index (χ2n) is 12.2. The molecule has 1 saturated heterocycles. The van der Waals surface area contributed by atoms with E-state index in [1.54, 1.807) is 44.0 Å². The summed E-state index contributed by atoms with van der Waals surface area (Å²) in [5.41, 5.74) is 3.55. The summed E-state index contributed by atoms with van der Waals surface area (Å²) < 4.78 is 9.89. The van der Waals surface area contributed by atoms with Gasteiger partial charge in [-0.2, -0.15) is 0 Å². The Bertz CT molecular complexity index is 1470. The molecule has 11 heteroatoms. The van der Waals surface area contributed by atoms with Crippen LogP contribution in [0.3, 0.4) is 0 Å². The number of carbonyl (C=O) groups excluding carboxylic acids is 4. The molecule has 0 spiro atoms. The molecule has 1 aliphatic heterocycles. The summed E-state index contributed by atoms with van der Waals surface area (Å²) in [6, 6.07) is 14.3. The highest BCUT2D eigenvalue weighted by molar-refractivity contribution is 5.99. The number of rotatable bonds is 9. The smallest absolute Gasteiger partial charge is 0.408 e. The van der Waals surface area contributed by atoms with Gasteiger partial charge in [0.25, 0.3) is 0 Å². The van der Waals surface area contributed by atoms with Crippen LogP contribution in [0.4, 0.5) is 9.59 Å². The van der Waals surface area contributed by atoms with E-state index in [1.165, 1.54) is 7.11 Å². The van der Waals surface area contributed by atoms with Crippen LogP contribution < -0.4 is 10.6 Å². The number of amides is 3. The highest BCUT2D eigenvalue weighted by atomic mass is 16.6. The molecule has 1 fully saturated rings. The van der Waals surface area contributed by atoms with E-state index in [0.29, 0.717) is 17.9 Å². The minimum atomic E-state index is -0.689. The van der Waals surface area contributed by atoms with Crippen molar-refractivity contribution in [2.45, 2.75) is 65.1 Å². The van der Waals surface area contributed by atoms with Gasteiger partial charge < -0.3 is 30.0 Å². The van der Waals surface area contributed by atoms with Crippen LogP contribution in [0, 0.1) is 5.92 Å². The molecule has 11 nitrogen and oxygen atoms in total. The number of alkyl carbamates (subject to hydrolysis) is 2. The third-order valence-electron chi connectivity index (χ3n) is 7.37. The third kappa shape index (κ3) is 8.03. The number of hydrogen-bond acceptors (Lipinski definition) is 7.